The van der Waals surface area contributed by atoms with Crippen molar-refractivity contribution in [1.29, 1.82) is 0 Å². The molecule has 10 heavy (non-hydrogen) atoms. The summed E-state index contributed by atoms with van der Waals surface area (Å²) in [6, 6.07) is 0. The van der Waals surface area contributed by atoms with Crippen LogP contribution in [0, 0.1) is 5.92 Å². The molecule has 0 amide bonds. The van der Waals surface area contributed by atoms with Gasteiger partial charge in [-0.25, -0.2) is 0 Å². The second kappa shape index (κ2) is 2.98. The van der Waals surface area contributed by atoms with E-state index >= 15 is 0 Å². The predicted octanol–water partition coefficient (Wildman–Crippen LogP) is 2.97. The topological polar surface area (TPSA) is 0 Å². The molecule has 0 aromatic rings. The van der Waals surface area contributed by atoms with E-state index in [-0.39, 0.29) is 6.08 Å². The van der Waals surface area contributed by atoms with E-state index in [9.17, 15) is 22.0 Å². The highest BCUT2D eigenvalue weighted by molar-refractivity contribution is 4.89. The monoisotopic (exact) mass is 160 g/mol. The van der Waals surface area contributed by atoms with Crippen LogP contribution in [-0.2, 0) is 0 Å². The molecule has 0 saturated carbocycles. The SMILES string of the molecule is CC(C=C(F)F)C(F)(F)F. The van der Waals surface area contributed by atoms with Gasteiger partial charge in [-0.2, -0.15) is 22.0 Å². The Morgan fingerprint density at radius 2 is 1.70 bits per heavy atom. The van der Waals surface area contributed by atoms with Crippen LogP contribution in [0.3, 0.4) is 0 Å². The summed E-state index contributed by atoms with van der Waals surface area (Å²) in [5, 5.41) is 0. The quantitative estimate of drug-likeness (QED) is 0.517. The molecule has 1 atom stereocenters. The summed E-state index contributed by atoms with van der Waals surface area (Å²) < 4.78 is 56.6. The zero-order valence-electron chi connectivity index (χ0n) is 5.04. The summed E-state index contributed by atoms with van der Waals surface area (Å²) in [5.74, 6) is -2.07. The molecule has 0 radical (unpaired) electrons. The number of allylic oxidation sites excluding steroid dienone is 1. The fourth-order valence-electron chi connectivity index (χ4n) is 0.283. The van der Waals surface area contributed by atoms with Crippen LogP contribution >= 0.6 is 0 Å². The van der Waals surface area contributed by atoms with E-state index < -0.39 is 18.2 Å². The molecule has 0 saturated heterocycles. The minimum Gasteiger partial charge on any atom is -0.174 e. The summed E-state index contributed by atoms with van der Waals surface area (Å²) >= 11 is 0. The van der Waals surface area contributed by atoms with Gasteiger partial charge < -0.3 is 0 Å². The molecule has 0 N–H and O–H groups in total. The van der Waals surface area contributed by atoms with Gasteiger partial charge in [0.1, 0.15) is 0 Å². The Hall–Kier alpha value is -0.610. The lowest BCUT2D eigenvalue weighted by Gasteiger charge is -2.09. The molecule has 0 fully saturated rings. The number of hydrogen-bond donors (Lipinski definition) is 0. The summed E-state index contributed by atoms with van der Waals surface area (Å²) in [7, 11) is 0. The molecule has 0 nitrogen and oxygen atoms in total. The molecular formula is C5H5F5. The summed E-state index contributed by atoms with van der Waals surface area (Å²) in [5.41, 5.74) is 0. The largest absolute Gasteiger partial charge is 0.395 e. The van der Waals surface area contributed by atoms with E-state index in [4.69, 9.17) is 0 Å². The molecule has 0 aliphatic rings. The molecule has 0 bridgehead atoms. The van der Waals surface area contributed by atoms with Gasteiger partial charge in [0.15, 0.2) is 0 Å². The van der Waals surface area contributed by atoms with Crippen molar-refractivity contribution in [2.45, 2.75) is 13.1 Å². The first kappa shape index (κ1) is 9.39. The van der Waals surface area contributed by atoms with Gasteiger partial charge in [0, 0.05) is 0 Å². The van der Waals surface area contributed by atoms with Crippen molar-refractivity contribution < 1.29 is 22.0 Å². The van der Waals surface area contributed by atoms with Gasteiger partial charge in [-0.1, -0.05) is 6.92 Å². The number of alkyl halides is 3. The van der Waals surface area contributed by atoms with Crippen LogP contribution in [0.25, 0.3) is 0 Å². The maximum atomic E-state index is 11.4. The maximum Gasteiger partial charge on any atom is 0.395 e. The van der Waals surface area contributed by atoms with Crippen molar-refractivity contribution in [3.63, 3.8) is 0 Å². The van der Waals surface area contributed by atoms with E-state index in [2.05, 4.69) is 0 Å². The van der Waals surface area contributed by atoms with Crippen molar-refractivity contribution in [2.75, 3.05) is 0 Å². The van der Waals surface area contributed by atoms with Crippen molar-refractivity contribution >= 4 is 0 Å². The van der Waals surface area contributed by atoms with E-state index in [1.165, 1.54) is 0 Å². The highest BCUT2D eigenvalue weighted by atomic mass is 19.4. The highest BCUT2D eigenvalue weighted by Crippen LogP contribution is 2.27. The smallest absolute Gasteiger partial charge is 0.174 e. The minimum atomic E-state index is -4.57. The Morgan fingerprint density at radius 1 is 1.30 bits per heavy atom. The van der Waals surface area contributed by atoms with Gasteiger partial charge in [-0.3, -0.25) is 0 Å². The van der Waals surface area contributed by atoms with Gasteiger partial charge in [0.05, 0.1) is 5.92 Å². The van der Waals surface area contributed by atoms with Crippen LogP contribution in [0.1, 0.15) is 6.92 Å². The standard InChI is InChI=1S/C5H5F5/c1-3(2-4(6)7)5(8,9)10/h2-3H,1H3. The molecule has 0 rings (SSSR count). The average molecular weight is 160 g/mol. The molecule has 0 aliphatic heterocycles. The third kappa shape index (κ3) is 3.42. The molecule has 0 spiro atoms. The van der Waals surface area contributed by atoms with Crippen molar-refractivity contribution in [2.24, 2.45) is 5.92 Å². The molecule has 0 aliphatic carbocycles. The van der Waals surface area contributed by atoms with Gasteiger partial charge in [0.2, 0.25) is 0 Å². The first-order chi connectivity index (χ1) is 4.34. The van der Waals surface area contributed by atoms with Crippen LogP contribution < -0.4 is 0 Å². The molecular weight excluding hydrogens is 155 g/mol. The number of rotatable bonds is 1. The Bertz CT molecular complexity index is 129. The second-order valence-corrected chi connectivity index (χ2v) is 1.79. The zero-order chi connectivity index (χ0) is 8.36. The van der Waals surface area contributed by atoms with Gasteiger partial charge in [-0.15, -0.1) is 0 Å². The van der Waals surface area contributed by atoms with Crippen LogP contribution in [0.15, 0.2) is 12.2 Å². The van der Waals surface area contributed by atoms with Crippen LogP contribution in [0.2, 0.25) is 0 Å². The first-order valence-electron chi connectivity index (χ1n) is 2.43. The fourth-order valence-corrected chi connectivity index (χ4v) is 0.283. The third-order valence-corrected chi connectivity index (χ3v) is 0.892. The zero-order valence-corrected chi connectivity index (χ0v) is 5.04. The van der Waals surface area contributed by atoms with Crippen molar-refractivity contribution in [3.05, 3.63) is 12.2 Å². The Labute approximate surface area is 54.3 Å². The van der Waals surface area contributed by atoms with E-state index in [0.29, 0.717) is 6.92 Å². The molecule has 60 valence electrons. The fraction of sp³-hybridized carbons (Fsp3) is 0.600. The number of halogens is 5. The van der Waals surface area contributed by atoms with E-state index in [1.807, 2.05) is 0 Å². The molecule has 0 aromatic heterocycles. The van der Waals surface area contributed by atoms with Gasteiger partial charge in [-0.05, 0) is 6.08 Å². The highest BCUT2D eigenvalue weighted by Gasteiger charge is 2.34. The van der Waals surface area contributed by atoms with Crippen LogP contribution in [0.4, 0.5) is 22.0 Å². The Kier molecular flexibility index (Phi) is 2.80. The average Bonchev–Trinajstić information content (AvgIpc) is 1.60. The lowest BCUT2D eigenvalue weighted by Crippen LogP contribution is -2.17. The molecule has 0 heterocycles. The minimum absolute atomic E-state index is 0.125. The number of hydrogen-bond acceptors (Lipinski definition) is 0. The Balaban J connectivity index is 4.11. The van der Waals surface area contributed by atoms with Crippen molar-refractivity contribution in [3.8, 4) is 0 Å². The van der Waals surface area contributed by atoms with Crippen LogP contribution in [-0.4, -0.2) is 6.18 Å². The first-order valence-corrected chi connectivity index (χ1v) is 2.43. The third-order valence-electron chi connectivity index (χ3n) is 0.892. The summed E-state index contributed by atoms with van der Waals surface area (Å²) in [4.78, 5) is 0. The van der Waals surface area contributed by atoms with E-state index in [0.717, 1.165) is 0 Å². The predicted molar refractivity (Wildman–Crippen MR) is 25.5 cm³/mol. The molecule has 1 unspecified atom stereocenters. The van der Waals surface area contributed by atoms with Crippen LogP contribution in [0.5, 0.6) is 0 Å². The summed E-state index contributed by atoms with van der Waals surface area (Å²) in [6.45, 7) is 0.666. The normalized spacial score (nSPS) is 14.6. The molecule has 5 heteroatoms. The Morgan fingerprint density at radius 3 is 1.80 bits per heavy atom. The maximum absolute atomic E-state index is 11.4. The molecule has 0 aromatic carbocycles. The van der Waals surface area contributed by atoms with Gasteiger partial charge in [0.25, 0.3) is 6.08 Å². The van der Waals surface area contributed by atoms with E-state index in [1.54, 1.807) is 0 Å². The lowest BCUT2D eigenvalue weighted by atomic mass is 10.2. The lowest BCUT2D eigenvalue weighted by molar-refractivity contribution is -0.157. The van der Waals surface area contributed by atoms with Gasteiger partial charge >= 0.3 is 6.18 Å². The second-order valence-electron chi connectivity index (χ2n) is 1.79. The summed E-state index contributed by atoms with van der Waals surface area (Å²) in [6.07, 6.45) is -6.99. The van der Waals surface area contributed by atoms with Crippen molar-refractivity contribution in [1.82, 2.24) is 0 Å².